The van der Waals surface area contributed by atoms with Crippen LogP contribution in [0.25, 0.3) is 0 Å². The minimum Gasteiger partial charge on any atom is -0.496 e. The van der Waals surface area contributed by atoms with Crippen molar-refractivity contribution in [2.24, 2.45) is 0 Å². The third-order valence-corrected chi connectivity index (χ3v) is 6.20. The first kappa shape index (κ1) is 24.2. The SMILES string of the molecule is COc1c(C(C)Nc2ncnc(N)c2C(C)=N)cc(Cl)c(C)c1C1CN(CC(C)(C)O)C1. The smallest absolute Gasteiger partial charge is 0.141 e. The van der Waals surface area contributed by atoms with E-state index in [0.717, 1.165) is 35.5 Å². The van der Waals surface area contributed by atoms with Crippen molar-refractivity contribution in [2.45, 2.75) is 52.2 Å². The summed E-state index contributed by atoms with van der Waals surface area (Å²) in [5.74, 6) is 1.83. The summed E-state index contributed by atoms with van der Waals surface area (Å²) in [6.45, 7) is 11.6. The molecule has 1 aliphatic rings. The Morgan fingerprint density at radius 3 is 2.66 bits per heavy atom. The van der Waals surface area contributed by atoms with E-state index >= 15 is 0 Å². The van der Waals surface area contributed by atoms with Crippen molar-refractivity contribution in [3.05, 3.63) is 39.7 Å². The van der Waals surface area contributed by atoms with Crippen LogP contribution < -0.4 is 15.8 Å². The minimum absolute atomic E-state index is 0.207. The Balaban J connectivity index is 1.93. The zero-order valence-corrected chi connectivity index (χ0v) is 20.3. The predicted octanol–water partition coefficient (Wildman–Crippen LogP) is 3.76. The number of methoxy groups -OCH3 is 1. The molecule has 8 nitrogen and oxygen atoms in total. The van der Waals surface area contributed by atoms with E-state index in [2.05, 4.69) is 20.2 Å². The zero-order valence-electron chi connectivity index (χ0n) is 19.6. The first-order valence-electron chi connectivity index (χ1n) is 10.7. The summed E-state index contributed by atoms with van der Waals surface area (Å²) in [6, 6.07) is 1.72. The van der Waals surface area contributed by atoms with Gasteiger partial charge in [-0.1, -0.05) is 11.6 Å². The highest BCUT2D eigenvalue weighted by molar-refractivity contribution is 6.31. The molecule has 0 radical (unpaired) electrons. The van der Waals surface area contributed by atoms with Crippen molar-refractivity contribution in [2.75, 3.05) is 37.8 Å². The van der Waals surface area contributed by atoms with E-state index in [1.807, 2.05) is 33.8 Å². The number of nitrogens with one attached hydrogen (secondary N) is 2. The highest BCUT2D eigenvalue weighted by Gasteiger charge is 2.35. The maximum absolute atomic E-state index is 10.1. The van der Waals surface area contributed by atoms with Crippen LogP contribution in [0.4, 0.5) is 11.6 Å². The third-order valence-electron chi connectivity index (χ3n) is 5.80. The van der Waals surface area contributed by atoms with Crippen molar-refractivity contribution in [1.29, 1.82) is 5.41 Å². The van der Waals surface area contributed by atoms with Gasteiger partial charge in [0.15, 0.2) is 0 Å². The normalized spacial score (nSPS) is 15.9. The summed E-state index contributed by atoms with van der Waals surface area (Å²) >= 11 is 6.65. The van der Waals surface area contributed by atoms with Crippen LogP contribution >= 0.6 is 11.6 Å². The van der Waals surface area contributed by atoms with Gasteiger partial charge in [-0.2, -0.15) is 0 Å². The fourth-order valence-corrected chi connectivity index (χ4v) is 4.62. The van der Waals surface area contributed by atoms with E-state index in [4.69, 9.17) is 27.5 Å². The van der Waals surface area contributed by atoms with Gasteiger partial charge < -0.3 is 26.3 Å². The number of nitrogens with two attached hydrogens (primary N) is 1. The van der Waals surface area contributed by atoms with Gasteiger partial charge in [-0.3, -0.25) is 4.90 Å². The number of anilines is 2. The fourth-order valence-electron chi connectivity index (χ4n) is 4.40. The Morgan fingerprint density at radius 2 is 2.09 bits per heavy atom. The van der Waals surface area contributed by atoms with Gasteiger partial charge in [-0.25, -0.2) is 9.97 Å². The van der Waals surface area contributed by atoms with Crippen LogP contribution in [0.3, 0.4) is 0 Å². The molecule has 0 amide bonds. The number of aliphatic hydroxyl groups is 1. The van der Waals surface area contributed by atoms with Gasteiger partial charge in [-0.15, -0.1) is 0 Å². The molecule has 1 aromatic heterocycles. The molecule has 0 spiro atoms. The molecule has 32 heavy (non-hydrogen) atoms. The van der Waals surface area contributed by atoms with Gasteiger partial charge in [0.05, 0.1) is 24.3 Å². The Morgan fingerprint density at radius 1 is 1.44 bits per heavy atom. The lowest BCUT2D eigenvalue weighted by Crippen LogP contribution is -2.51. The van der Waals surface area contributed by atoms with Crippen LogP contribution in [0.1, 0.15) is 61.9 Å². The summed E-state index contributed by atoms with van der Waals surface area (Å²) in [6.07, 6.45) is 1.38. The monoisotopic (exact) mass is 460 g/mol. The number of rotatable bonds is 8. The number of hydrogen-bond donors (Lipinski definition) is 4. The van der Waals surface area contributed by atoms with Gasteiger partial charge in [0, 0.05) is 47.4 Å². The van der Waals surface area contributed by atoms with E-state index in [1.165, 1.54) is 6.33 Å². The lowest BCUT2D eigenvalue weighted by molar-refractivity contribution is 0.00700. The molecule has 1 aromatic carbocycles. The summed E-state index contributed by atoms with van der Waals surface area (Å²) in [5, 5.41) is 22.2. The van der Waals surface area contributed by atoms with Crippen molar-refractivity contribution < 1.29 is 9.84 Å². The summed E-state index contributed by atoms with van der Waals surface area (Å²) < 4.78 is 5.90. The molecule has 1 aliphatic heterocycles. The lowest BCUT2D eigenvalue weighted by atomic mass is 9.84. The van der Waals surface area contributed by atoms with E-state index in [1.54, 1.807) is 14.0 Å². The highest BCUT2D eigenvalue weighted by Crippen LogP contribution is 2.43. The number of hydrogen-bond acceptors (Lipinski definition) is 8. The topological polar surface area (TPSA) is 120 Å². The first-order chi connectivity index (χ1) is 14.9. The molecule has 1 fully saturated rings. The maximum Gasteiger partial charge on any atom is 0.141 e. The Bertz CT molecular complexity index is 1010. The van der Waals surface area contributed by atoms with Crippen molar-refractivity contribution >= 4 is 28.9 Å². The van der Waals surface area contributed by atoms with E-state index in [0.29, 0.717) is 22.9 Å². The third kappa shape index (κ3) is 4.98. The second-order valence-corrected chi connectivity index (χ2v) is 9.60. The number of β-amino-alcohol motifs (C(OH)–C–C–N with tert-alkyl or cyclic N) is 1. The molecule has 2 aromatic rings. The zero-order chi connectivity index (χ0) is 23.8. The molecule has 0 bridgehead atoms. The molecule has 3 rings (SSSR count). The van der Waals surface area contributed by atoms with E-state index in [-0.39, 0.29) is 23.5 Å². The molecule has 0 saturated carbocycles. The molecule has 174 valence electrons. The van der Waals surface area contributed by atoms with Crippen molar-refractivity contribution in [3.8, 4) is 5.75 Å². The first-order valence-corrected chi connectivity index (χ1v) is 11.0. The minimum atomic E-state index is -0.730. The van der Waals surface area contributed by atoms with Gasteiger partial charge in [0.1, 0.15) is 23.7 Å². The Kier molecular flexibility index (Phi) is 6.97. The maximum atomic E-state index is 10.1. The molecule has 5 N–H and O–H groups in total. The molecule has 1 saturated heterocycles. The summed E-state index contributed by atoms with van der Waals surface area (Å²) in [5.41, 5.74) is 9.04. The molecule has 1 atom stereocenters. The van der Waals surface area contributed by atoms with Crippen LogP contribution in [-0.2, 0) is 0 Å². The van der Waals surface area contributed by atoms with Gasteiger partial charge in [-0.05, 0) is 46.2 Å². The fraction of sp³-hybridized carbons (Fsp3) is 0.522. The Hall–Kier alpha value is -2.42. The van der Waals surface area contributed by atoms with Crippen LogP contribution in [-0.4, -0.2) is 58.0 Å². The number of benzene rings is 1. The molecule has 0 aliphatic carbocycles. The van der Waals surface area contributed by atoms with E-state index < -0.39 is 5.60 Å². The quantitative estimate of drug-likeness (QED) is 0.442. The summed E-state index contributed by atoms with van der Waals surface area (Å²) in [4.78, 5) is 10.5. The van der Waals surface area contributed by atoms with E-state index in [9.17, 15) is 5.11 Å². The lowest BCUT2D eigenvalue weighted by Gasteiger charge is -2.43. The second-order valence-electron chi connectivity index (χ2n) is 9.20. The number of ether oxygens (including phenoxy) is 1. The van der Waals surface area contributed by atoms with Crippen molar-refractivity contribution in [1.82, 2.24) is 14.9 Å². The highest BCUT2D eigenvalue weighted by atomic mass is 35.5. The molecular weight excluding hydrogens is 428 g/mol. The number of likely N-dealkylation sites (tertiary alicyclic amines) is 1. The average molecular weight is 461 g/mol. The van der Waals surface area contributed by atoms with Crippen molar-refractivity contribution in [3.63, 3.8) is 0 Å². The number of nitrogen functional groups attached to an aromatic ring is 1. The van der Waals surface area contributed by atoms with Crippen LogP contribution in [0.15, 0.2) is 12.4 Å². The second kappa shape index (κ2) is 9.21. The molecule has 9 heteroatoms. The number of halogens is 1. The molecule has 2 heterocycles. The Labute approximate surface area is 194 Å². The standard InChI is InChI=1S/C23H33ClN6O2/c1-12-17(24)7-16(14(3)29-22-19(13(2)25)21(26)27-11-28-22)20(32-6)18(12)15-8-30(9-15)10-23(4,5)31/h7,11,14-15,25,31H,8-10H2,1-6H3,(H3,26,27,28,29). The average Bonchev–Trinajstić information content (AvgIpc) is 2.65. The van der Waals surface area contributed by atoms with Crippen LogP contribution in [0, 0.1) is 12.3 Å². The van der Waals surface area contributed by atoms with Crippen LogP contribution in [0.2, 0.25) is 5.02 Å². The number of nitrogens with zero attached hydrogens (tertiary/aromatic N) is 3. The van der Waals surface area contributed by atoms with Gasteiger partial charge >= 0.3 is 0 Å². The molecular formula is C23H33ClN6O2. The van der Waals surface area contributed by atoms with Gasteiger partial charge in [0.25, 0.3) is 0 Å². The predicted molar refractivity (Wildman–Crippen MR) is 129 cm³/mol. The molecule has 1 unspecified atom stereocenters. The number of aromatic nitrogens is 2. The largest absolute Gasteiger partial charge is 0.496 e. The van der Waals surface area contributed by atoms with Gasteiger partial charge in [0.2, 0.25) is 0 Å². The van der Waals surface area contributed by atoms with Crippen LogP contribution in [0.5, 0.6) is 5.75 Å². The summed E-state index contributed by atoms with van der Waals surface area (Å²) in [7, 11) is 1.67.